The van der Waals surface area contributed by atoms with Gasteiger partial charge in [-0.05, 0) is 102 Å². The Morgan fingerprint density at radius 3 is 2.36 bits per heavy atom. The predicted octanol–water partition coefficient (Wildman–Crippen LogP) is 7.17. The van der Waals surface area contributed by atoms with E-state index in [1.165, 1.54) is 24.6 Å². The van der Waals surface area contributed by atoms with Crippen molar-refractivity contribution in [3.05, 3.63) is 87.3 Å². The maximum Gasteiger partial charge on any atom is 0.295 e. The SMILES string of the molecule is Cn1nc(N=C(N)OC(=N)C(C)(C)O)c2c(Cl)ccc(-c3ccc(CCC(C)(C)S(=O)(=O)C4CC4)nc3[C@H](Cc3cc(F)cc(F)c3)NC(=O)CN=C3C(=C(N)C(F)F)C4C[C@H]4C3(F)F)c21. The molecule has 0 saturated heterocycles. The first-order valence-corrected chi connectivity index (χ1v) is 22.8. The van der Waals surface area contributed by atoms with Gasteiger partial charge in [0.1, 0.15) is 29.5 Å². The highest BCUT2D eigenvalue weighted by atomic mass is 35.5. The highest BCUT2D eigenvalue weighted by Gasteiger charge is 2.67. The van der Waals surface area contributed by atoms with Crippen molar-refractivity contribution in [3.63, 3.8) is 0 Å². The molecule has 2 aromatic carbocycles. The van der Waals surface area contributed by atoms with E-state index in [0.29, 0.717) is 41.2 Å². The maximum absolute atomic E-state index is 15.4. The fourth-order valence-electron chi connectivity index (χ4n) is 8.24. The lowest BCUT2D eigenvalue weighted by molar-refractivity contribution is -0.120. The number of fused-ring (bicyclic) bond motifs is 2. The summed E-state index contributed by atoms with van der Waals surface area (Å²) in [5.41, 5.74) is 8.81. The van der Waals surface area contributed by atoms with E-state index in [1.54, 1.807) is 39.1 Å². The number of aromatic nitrogens is 3. The quantitative estimate of drug-likeness (QED) is 0.0462. The number of amidine groups is 1. The molecule has 3 saturated carbocycles. The summed E-state index contributed by atoms with van der Waals surface area (Å²) < 4.78 is 120. The molecule has 1 unspecified atom stereocenters. The van der Waals surface area contributed by atoms with Crippen LogP contribution in [-0.4, -0.2) is 86.3 Å². The van der Waals surface area contributed by atoms with Gasteiger partial charge < -0.3 is 26.6 Å². The standard InChI is InChI=1S/C44H48ClF6N9O5S/c1-42(2,66(63,64)24-7-8-24)13-12-23-6-9-25(26-10-11-29(45)33-36(26)60(5)59-39(33)58-41(54)65-40(53)43(3,4)62)35(56-23)30(16-20-14-21(46)17-22(47)15-20)57-31(61)19-55-37-32(34(52)38(48)49)27-18-28(27)44(37,50)51/h6,9-11,14-15,17,24,27-28,30,38,53,62H,7-8,12-13,16,18-19,52H2,1-5H3,(H,57,61)(H2,54,58,59)/t27?,28-,30+/m1/s1. The summed E-state index contributed by atoms with van der Waals surface area (Å²) in [6, 6.07) is 7.24. The van der Waals surface area contributed by atoms with Crippen LogP contribution < -0.4 is 16.8 Å². The van der Waals surface area contributed by atoms with E-state index in [0.717, 1.165) is 12.1 Å². The molecule has 1 amide bonds. The van der Waals surface area contributed by atoms with E-state index >= 15 is 8.78 Å². The van der Waals surface area contributed by atoms with Gasteiger partial charge in [-0.25, -0.2) is 26.0 Å². The first-order chi connectivity index (χ1) is 30.7. The molecule has 4 aromatic rings. The van der Waals surface area contributed by atoms with E-state index in [4.69, 9.17) is 38.2 Å². The number of carbonyl (C=O) groups is 1. The van der Waals surface area contributed by atoms with Gasteiger partial charge in [0, 0.05) is 41.4 Å². The Bertz CT molecular complexity index is 2820. The Hall–Kier alpha value is -5.54. The molecular weight excluding hydrogens is 916 g/mol. The molecule has 0 aliphatic heterocycles. The molecule has 354 valence electrons. The van der Waals surface area contributed by atoms with E-state index in [1.807, 2.05) is 0 Å². The van der Waals surface area contributed by atoms with Crippen LogP contribution >= 0.6 is 11.6 Å². The van der Waals surface area contributed by atoms with Crippen LogP contribution in [0, 0.1) is 28.9 Å². The molecule has 7 rings (SSSR count). The van der Waals surface area contributed by atoms with Crippen LogP contribution in [0.1, 0.15) is 76.4 Å². The first kappa shape index (κ1) is 48.4. The van der Waals surface area contributed by atoms with Gasteiger partial charge in [-0.2, -0.15) is 18.9 Å². The largest absolute Gasteiger partial charge is 0.408 e. The lowest BCUT2D eigenvalue weighted by Gasteiger charge is -2.26. The van der Waals surface area contributed by atoms with Gasteiger partial charge in [-0.15, -0.1) is 0 Å². The van der Waals surface area contributed by atoms with Crippen molar-refractivity contribution in [3.8, 4) is 11.1 Å². The first-order valence-electron chi connectivity index (χ1n) is 20.9. The zero-order chi connectivity index (χ0) is 48.4. The van der Waals surface area contributed by atoms with Crippen molar-refractivity contribution in [1.29, 1.82) is 5.41 Å². The summed E-state index contributed by atoms with van der Waals surface area (Å²) >= 11 is 6.75. The number of aliphatic imine (C=N–C) groups is 2. The average molecular weight is 964 g/mol. The second kappa shape index (κ2) is 17.6. The second-order valence-electron chi connectivity index (χ2n) is 18.0. The van der Waals surface area contributed by atoms with Crippen LogP contribution in [0.15, 0.2) is 63.7 Å². The number of halogens is 7. The van der Waals surface area contributed by atoms with E-state index in [-0.39, 0.29) is 53.2 Å². The van der Waals surface area contributed by atoms with Crippen LogP contribution in [0.5, 0.6) is 0 Å². The minimum absolute atomic E-state index is 0.0433. The third-order valence-corrected chi connectivity index (χ3v) is 15.4. The molecule has 7 N–H and O–H groups in total. The van der Waals surface area contributed by atoms with Crippen molar-refractivity contribution in [2.75, 3.05) is 6.54 Å². The van der Waals surface area contributed by atoms with Crippen LogP contribution in [-0.2, 0) is 39.3 Å². The van der Waals surface area contributed by atoms with Gasteiger partial charge >= 0.3 is 0 Å². The van der Waals surface area contributed by atoms with Gasteiger partial charge in [-0.3, -0.25) is 24.9 Å². The van der Waals surface area contributed by atoms with Crippen LogP contribution in [0.2, 0.25) is 5.02 Å². The number of nitrogens with zero attached hydrogens (tertiary/aromatic N) is 5. The van der Waals surface area contributed by atoms with Gasteiger partial charge in [-0.1, -0.05) is 23.7 Å². The average Bonchev–Trinajstić information content (AvgIpc) is 4.15. The molecule has 66 heavy (non-hydrogen) atoms. The number of pyridine rings is 1. The third-order valence-electron chi connectivity index (χ3n) is 12.0. The minimum Gasteiger partial charge on any atom is -0.408 e. The monoisotopic (exact) mass is 963 g/mol. The van der Waals surface area contributed by atoms with Crippen molar-refractivity contribution >= 4 is 61.7 Å². The van der Waals surface area contributed by atoms with Crippen LogP contribution in [0.4, 0.5) is 32.2 Å². The maximum atomic E-state index is 15.4. The van der Waals surface area contributed by atoms with Crippen LogP contribution in [0.25, 0.3) is 22.0 Å². The smallest absolute Gasteiger partial charge is 0.295 e. The number of rotatable bonds is 15. The highest BCUT2D eigenvalue weighted by Crippen LogP contribution is 2.62. The molecule has 2 aromatic heterocycles. The fraction of sp³-hybridized carbons (Fsp3) is 0.455. The van der Waals surface area contributed by atoms with Gasteiger partial charge in [0.2, 0.25) is 11.8 Å². The predicted molar refractivity (Wildman–Crippen MR) is 237 cm³/mol. The number of benzene rings is 2. The van der Waals surface area contributed by atoms with Gasteiger partial charge in [0.05, 0.1) is 43.4 Å². The Balaban J connectivity index is 1.35. The number of alkyl halides is 4. The third kappa shape index (κ3) is 9.65. The molecule has 3 aliphatic rings. The number of ether oxygens (including phenoxy) is 1. The highest BCUT2D eigenvalue weighted by molar-refractivity contribution is 7.93. The lowest BCUT2D eigenvalue weighted by Crippen LogP contribution is -2.36. The fourth-order valence-corrected chi connectivity index (χ4v) is 10.5. The minimum atomic E-state index is -3.64. The summed E-state index contributed by atoms with van der Waals surface area (Å²) in [5.74, 6) is -9.41. The Morgan fingerprint density at radius 2 is 1.74 bits per heavy atom. The normalized spacial score (nSPS) is 20.5. The second-order valence-corrected chi connectivity index (χ2v) is 21.2. The zero-order valence-electron chi connectivity index (χ0n) is 36.4. The molecule has 0 spiro atoms. The number of aliphatic hydroxyl groups is 1. The summed E-state index contributed by atoms with van der Waals surface area (Å²) in [4.78, 5) is 27.0. The topological polar surface area (TPSA) is 224 Å². The van der Waals surface area contributed by atoms with Gasteiger partial charge in [0.15, 0.2) is 15.7 Å². The lowest BCUT2D eigenvalue weighted by atomic mass is 9.93. The number of aryl methyl sites for hydroxylation is 2. The molecule has 3 atom stereocenters. The summed E-state index contributed by atoms with van der Waals surface area (Å²) in [7, 11) is -1.96. The molecular formula is C44H48ClF6N9O5S. The molecule has 0 radical (unpaired) electrons. The number of allylic oxidation sites excluding steroid dienone is 2. The Labute approximate surface area is 381 Å². The summed E-state index contributed by atoms with van der Waals surface area (Å²) in [6.07, 6.45) is -2.28. The van der Waals surface area contributed by atoms with Crippen LogP contribution in [0.3, 0.4) is 0 Å². The molecule has 3 aliphatic carbocycles. The number of nitrogens with one attached hydrogen (secondary N) is 2. The summed E-state index contributed by atoms with van der Waals surface area (Å²) in [6.45, 7) is 4.89. The number of hydrogen-bond donors (Lipinski definition) is 5. The van der Waals surface area contributed by atoms with Gasteiger partial charge in [0.25, 0.3) is 18.4 Å². The molecule has 3 fully saturated rings. The van der Waals surface area contributed by atoms with Crippen molar-refractivity contribution < 1.29 is 49.4 Å². The number of nitrogens with two attached hydrogens (primary N) is 2. The molecule has 2 heterocycles. The van der Waals surface area contributed by atoms with E-state index in [9.17, 15) is 35.9 Å². The van der Waals surface area contributed by atoms with Crippen molar-refractivity contribution in [2.45, 2.75) is 100 Å². The number of sulfone groups is 1. The van der Waals surface area contributed by atoms with Crippen molar-refractivity contribution in [1.82, 2.24) is 20.1 Å². The molecule has 14 nitrogen and oxygen atoms in total. The Kier molecular flexibility index (Phi) is 12.9. The van der Waals surface area contributed by atoms with Crippen molar-refractivity contribution in [2.24, 2.45) is 40.3 Å². The Morgan fingerprint density at radius 1 is 1.09 bits per heavy atom. The molecule has 22 heteroatoms. The van der Waals surface area contributed by atoms with E-state index in [2.05, 4.69) is 20.4 Å². The molecule has 0 bridgehead atoms. The zero-order valence-corrected chi connectivity index (χ0v) is 38.0. The number of amides is 1. The van der Waals surface area contributed by atoms with E-state index < -0.39 is 109 Å². The summed E-state index contributed by atoms with van der Waals surface area (Å²) in [5, 5.41) is 25.3. The number of hydrogen-bond acceptors (Lipinski definition) is 11. The number of carbonyl (C=O) groups excluding carboxylic acids is 1.